The van der Waals surface area contributed by atoms with Crippen molar-refractivity contribution in [2.45, 2.75) is 6.92 Å². The summed E-state index contributed by atoms with van der Waals surface area (Å²) >= 11 is 1.40. The lowest BCUT2D eigenvalue weighted by Gasteiger charge is -1.96. The van der Waals surface area contributed by atoms with Crippen molar-refractivity contribution < 1.29 is 9.90 Å². The number of hydrogen-bond acceptors (Lipinski definition) is 3. The van der Waals surface area contributed by atoms with E-state index in [9.17, 15) is 4.79 Å². The maximum Gasteiger partial charge on any atom is 0.232 e. The highest BCUT2D eigenvalue weighted by Crippen LogP contribution is 1.99. The molecule has 2 N–H and O–H groups in total. The highest BCUT2D eigenvalue weighted by atomic mass is 32.2. The first-order valence-electron chi connectivity index (χ1n) is 2.91. The minimum Gasteiger partial charge on any atom is -0.377 e. The molecule has 0 radical (unpaired) electrons. The monoisotopic (exact) mass is 161 g/mol. The lowest BCUT2D eigenvalue weighted by atomic mass is 10.7. The standard InChI is InChI=1S/C6H11NO2S/c1-2-3-10-4-6(9)7-5-8/h2-3,8H,4-5H2,1H3,(H,7,9). The van der Waals surface area contributed by atoms with Gasteiger partial charge in [-0.15, -0.1) is 11.8 Å². The summed E-state index contributed by atoms with van der Waals surface area (Å²) in [6.07, 6.45) is 1.86. The quantitative estimate of drug-likeness (QED) is 0.584. The second kappa shape index (κ2) is 6.64. The molecular weight excluding hydrogens is 150 g/mol. The molecule has 0 heterocycles. The van der Waals surface area contributed by atoms with Crippen molar-refractivity contribution in [2.75, 3.05) is 12.5 Å². The number of rotatable bonds is 4. The van der Waals surface area contributed by atoms with Gasteiger partial charge in [-0.3, -0.25) is 4.79 Å². The van der Waals surface area contributed by atoms with Gasteiger partial charge in [0, 0.05) is 0 Å². The van der Waals surface area contributed by atoms with E-state index < -0.39 is 0 Å². The van der Waals surface area contributed by atoms with Gasteiger partial charge < -0.3 is 10.4 Å². The van der Waals surface area contributed by atoms with E-state index in [2.05, 4.69) is 5.32 Å². The van der Waals surface area contributed by atoms with E-state index >= 15 is 0 Å². The number of hydrogen-bond donors (Lipinski definition) is 2. The summed E-state index contributed by atoms with van der Waals surface area (Å²) in [6.45, 7) is 1.60. The smallest absolute Gasteiger partial charge is 0.232 e. The molecule has 0 bridgehead atoms. The fourth-order valence-electron chi connectivity index (χ4n) is 0.359. The summed E-state index contributed by atoms with van der Waals surface area (Å²) in [6, 6.07) is 0. The summed E-state index contributed by atoms with van der Waals surface area (Å²) in [5.41, 5.74) is 0. The van der Waals surface area contributed by atoms with Gasteiger partial charge in [0.15, 0.2) is 0 Å². The molecule has 4 heteroatoms. The van der Waals surface area contributed by atoms with E-state index in [1.54, 1.807) is 0 Å². The van der Waals surface area contributed by atoms with Crippen LogP contribution in [0, 0.1) is 0 Å². The van der Waals surface area contributed by atoms with E-state index in [1.165, 1.54) is 11.8 Å². The number of amides is 1. The minimum atomic E-state index is -0.283. The normalized spacial score (nSPS) is 10.2. The fraction of sp³-hybridized carbons (Fsp3) is 0.500. The molecule has 0 aliphatic carbocycles. The summed E-state index contributed by atoms with van der Waals surface area (Å²) in [4.78, 5) is 10.6. The van der Waals surface area contributed by atoms with Crippen LogP contribution in [0.15, 0.2) is 11.5 Å². The zero-order valence-corrected chi connectivity index (χ0v) is 6.65. The molecule has 0 aromatic carbocycles. The van der Waals surface area contributed by atoms with E-state index in [4.69, 9.17) is 5.11 Å². The number of allylic oxidation sites excluding steroid dienone is 1. The number of carbonyl (C=O) groups excluding carboxylic acids is 1. The van der Waals surface area contributed by atoms with Crippen molar-refractivity contribution in [1.29, 1.82) is 0 Å². The zero-order chi connectivity index (χ0) is 7.82. The van der Waals surface area contributed by atoms with Crippen molar-refractivity contribution in [1.82, 2.24) is 5.32 Å². The molecule has 58 valence electrons. The molecule has 3 nitrogen and oxygen atoms in total. The van der Waals surface area contributed by atoms with Gasteiger partial charge in [-0.1, -0.05) is 6.08 Å². The Morgan fingerprint density at radius 2 is 2.50 bits per heavy atom. The third-order valence-corrected chi connectivity index (χ3v) is 1.62. The maximum absolute atomic E-state index is 10.6. The molecule has 0 saturated heterocycles. The lowest BCUT2D eigenvalue weighted by Crippen LogP contribution is -2.25. The van der Waals surface area contributed by atoms with Gasteiger partial charge >= 0.3 is 0 Å². The highest BCUT2D eigenvalue weighted by Gasteiger charge is 1.95. The predicted octanol–water partition coefficient (Wildman–Crippen LogP) is 0.319. The van der Waals surface area contributed by atoms with E-state index in [-0.39, 0.29) is 12.6 Å². The summed E-state index contributed by atoms with van der Waals surface area (Å²) < 4.78 is 0. The Kier molecular flexibility index (Phi) is 6.32. The molecule has 1 amide bonds. The van der Waals surface area contributed by atoms with Crippen LogP contribution in [0.25, 0.3) is 0 Å². The largest absolute Gasteiger partial charge is 0.377 e. The number of carbonyl (C=O) groups is 1. The predicted molar refractivity (Wildman–Crippen MR) is 42.5 cm³/mol. The molecular formula is C6H11NO2S. The second-order valence-corrected chi connectivity index (χ2v) is 2.43. The molecule has 0 spiro atoms. The van der Waals surface area contributed by atoms with Crippen LogP contribution < -0.4 is 5.32 Å². The first-order valence-corrected chi connectivity index (χ1v) is 3.96. The molecule has 0 rings (SSSR count). The molecule has 10 heavy (non-hydrogen) atoms. The van der Waals surface area contributed by atoms with Crippen LogP contribution in [0.3, 0.4) is 0 Å². The Morgan fingerprint density at radius 3 is 3.00 bits per heavy atom. The number of aliphatic hydroxyl groups excluding tert-OH is 1. The maximum atomic E-state index is 10.6. The third kappa shape index (κ3) is 5.65. The average Bonchev–Trinajstić information content (AvgIpc) is 1.89. The molecule has 0 aromatic heterocycles. The van der Waals surface area contributed by atoms with Gasteiger partial charge in [-0.2, -0.15) is 0 Å². The molecule has 0 aliphatic heterocycles. The van der Waals surface area contributed by atoms with Gasteiger partial charge in [0.2, 0.25) is 5.91 Å². The van der Waals surface area contributed by atoms with Crippen LogP contribution in [-0.2, 0) is 4.79 Å². The van der Waals surface area contributed by atoms with E-state index in [1.807, 2.05) is 18.4 Å². The van der Waals surface area contributed by atoms with Crippen molar-refractivity contribution in [3.8, 4) is 0 Å². The molecule has 0 atom stereocenters. The van der Waals surface area contributed by atoms with Crippen molar-refractivity contribution in [3.63, 3.8) is 0 Å². The van der Waals surface area contributed by atoms with Gasteiger partial charge in [-0.25, -0.2) is 0 Å². The lowest BCUT2D eigenvalue weighted by molar-refractivity contribution is -0.119. The Morgan fingerprint density at radius 1 is 1.80 bits per heavy atom. The van der Waals surface area contributed by atoms with Crippen LogP contribution in [0.2, 0.25) is 0 Å². The third-order valence-electron chi connectivity index (χ3n) is 0.723. The van der Waals surface area contributed by atoms with E-state index in [0.717, 1.165) is 0 Å². The molecule has 0 fully saturated rings. The summed E-state index contributed by atoms with van der Waals surface area (Å²) in [7, 11) is 0. The van der Waals surface area contributed by atoms with Gasteiger partial charge in [-0.05, 0) is 12.3 Å². The Bertz CT molecular complexity index is 125. The highest BCUT2D eigenvalue weighted by molar-refractivity contribution is 8.02. The molecule has 0 unspecified atom stereocenters. The summed E-state index contributed by atoms with van der Waals surface area (Å²) in [5, 5.41) is 12.3. The van der Waals surface area contributed by atoms with Gasteiger partial charge in [0.05, 0.1) is 5.75 Å². The van der Waals surface area contributed by atoms with Gasteiger partial charge in [0.1, 0.15) is 6.73 Å². The van der Waals surface area contributed by atoms with Gasteiger partial charge in [0.25, 0.3) is 0 Å². The SMILES string of the molecule is CC=CSCC(=O)NCO. The second-order valence-electron chi connectivity index (χ2n) is 1.54. The topological polar surface area (TPSA) is 49.3 Å². The Balaban J connectivity index is 3.21. The van der Waals surface area contributed by atoms with Crippen molar-refractivity contribution in [2.24, 2.45) is 0 Å². The summed E-state index contributed by atoms with van der Waals surface area (Å²) in [5.74, 6) is 0.218. The van der Waals surface area contributed by atoms with E-state index in [0.29, 0.717) is 5.75 Å². The van der Waals surface area contributed by atoms with Crippen LogP contribution in [0.5, 0.6) is 0 Å². The molecule has 0 saturated carbocycles. The van der Waals surface area contributed by atoms with Crippen molar-refractivity contribution >= 4 is 17.7 Å². The minimum absolute atomic E-state index is 0.148. The van der Waals surface area contributed by atoms with Crippen molar-refractivity contribution in [3.05, 3.63) is 11.5 Å². The number of aliphatic hydroxyl groups is 1. The fourth-order valence-corrected chi connectivity index (χ4v) is 0.901. The van der Waals surface area contributed by atoms with Crippen LogP contribution in [-0.4, -0.2) is 23.5 Å². The van der Waals surface area contributed by atoms with Crippen LogP contribution in [0.1, 0.15) is 6.92 Å². The molecule has 0 aliphatic rings. The van der Waals surface area contributed by atoms with Crippen LogP contribution in [0.4, 0.5) is 0 Å². The first kappa shape index (κ1) is 9.52. The van der Waals surface area contributed by atoms with Crippen LogP contribution >= 0.6 is 11.8 Å². The molecule has 0 aromatic rings. The Hall–Kier alpha value is -0.480. The first-order chi connectivity index (χ1) is 4.81. The Labute approximate surface area is 64.5 Å². The average molecular weight is 161 g/mol. The number of thioether (sulfide) groups is 1. The zero-order valence-electron chi connectivity index (χ0n) is 5.83. The number of nitrogens with one attached hydrogen (secondary N) is 1.